The van der Waals surface area contributed by atoms with Gasteiger partial charge in [-0.3, -0.25) is 4.79 Å². The van der Waals surface area contributed by atoms with Crippen LogP contribution in [0.15, 0.2) is 30.6 Å². The maximum Gasteiger partial charge on any atom is 0.350 e. The van der Waals surface area contributed by atoms with Crippen LogP contribution in [0.2, 0.25) is 0 Å². The summed E-state index contributed by atoms with van der Waals surface area (Å²) in [6.07, 6.45) is 1.68. The molecule has 1 amide bonds. The Labute approximate surface area is 153 Å². The zero-order chi connectivity index (χ0) is 18.5. The molecular formula is C16H16N6O3S. The molecule has 0 aliphatic heterocycles. The largest absolute Gasteiger partial charge is 0.462 e. The number of tetrazole rings is 1. The Hall–Kier alpha value is -3.14. The molecule has 0 aliphatic carbocycles. The van der Waals surface area contributed by atoms with E-state index in [-0.39, 0.29) is 12.3 Å². The zero-order valence-electron chi connectivity index (χ0n) is 14.2. The third kappa shape index (κ3) is 4.09. The van der Waals surface area contributed by atoms with Crippen LogP contribution < -0.4 is 5.32 Å². The number of thiazole rings is 1. The van der Waals surface area contributed by atoms with Gasteiger partial charge in [-0.2, -0.15) is 0 Å². The third-order valence-electron chi connectivity index (χ3n) is 3.42. The summed E-state index contributed by atoms with van der Waals surface area (Å²) in [5.74, 6) is -0.648. The van der Waals surface area contributed by atoms with E-state index in [1.165, 1.54) is 11.0 Å². The lowest BCUT2D eigenvalue weighted by atomic mass is 10.1. The van der Waals surface area contributed by atoms with Crippen LogP contribution in [-0.4, -0.2) is 43.7 Å². The Morgan fingerprint density at radius 2 is 2.04 bits per heavy atom. The molecule has 0 spiro atoms. The lowest BCUT2D eigenvalue weighted by Gasteiger charge is -2.04. The number of esters is 1. The monoisotopic (exact) mass is 372 g/mol. The average molecular weight is 372 g/mol. The first-order valence-corrected chi connectivity index (χ1v) is 8.65. The van der Waals surface area contributed by atoms with E-state index in [2.05, 4.69) is 25.8 Å². The van der Waals surface area contributed by atoms with Gasteiger partial charge in [-0.05, 0) is 42.0 Å². The number of rotatable bonds is 6. The number of carbonyl (C=O) groups is 2. The first kappa shape index (κ1) is 17.7. The second-order valence-corrected chi connectivity index (χ2v) is 6.30. The van der Waals surface area contributed by atoms with Crippen molar-refractivity contribution < 1.29 is 14.3 Å². The van der Waals surface area contributed by atoms with Gasteiger partial charge in [0.1, 0.15) is 11.2 Å². The summed E-state index contributed by atoms with van der Waals surface area (Å²) in [4.78, 5) is 28.6. The SMILES string of the molecule is CCOC(=O)c1sc(NC(=O)Cc2ccc(-n3cnnn3)cc2)nc1C. The predicted molar refractivity (Wildman–Crippen MR) is 94.3 cm³/mol. The van der Waals surface area contributed by atoms with Gasteiger partial charge in [-0.25, -0.2) is 14.5 Å². The molecule has 134 valence electrons. The Balaban J connectivity index is 1.62. The second kappa shape index (κ2) is 7.83. The zero-order valence-corrected chi connectivity index (χ0v) is 15.0. The standard InChI is InChI=1S/C16H16N6O3S/c1-3-25-15(24)14-10(2)18-16(26-14)19-13(23)8-11-4-6-12(7-5-11)22-9-17-20-21-22/h4-7,9H,3,8H2,1-2H3,(H,18,19,23). The molecule has 0 saturated heterocycles. The van der Waals surface area contributed by atoms with Crippen molar-refractivity contribution in [2.75, 3.05) is 11.9 Å². The maximum absolute atomic E-state index is 12.2. The second-order valence-electron chi connectivity index (χ2n) is 5.30. The van der Waals surface area contributed by atoms with Crippen LogP contribution in [0.4, 0.5) is 5.13 Å². The number of amides is 1. The average Bonchev–Trinajstić information content (AvgIpc) is 3.25. The van der Waals surface area contributed by atoms with Crippen LogP contribution in [0.25, 0.3) is 5.69 Å². The summed E-state index contributed by atoms with van der Waals surface area (Å²) in [5, 5.41) is 14.0. The van der Waals surface area contributed by atoms with E-state index in [0.29, 0.717) is 22.3 Å². The van der Waals surface area contributed by atoms with Gasteiger partial charge in [0.25, 0.3) is 0 Å². The topological polar surface area (TPSA) is 112 Å². The number of ether oxygens (including phenoxy) is 1. The van der Waals surface area contributed by atoms with Crippen molar-refractivity contribution in [3.8, 4) is 5.69 Å². The van der Waals surface area contributed by atoms with Gasteiger partial charge >= 0.3 is 5.97 Å². The predicted octanol–water partition coefficient (Wildman–Crippen LogP) is 1.79. The Kier molecular flexibility index (Phi) is 5.32. The van der Waals surface area contributed by atoms with E-state index in [1.54, 1.807) is 13.8 Å². The molecule has 10 heteroatoms. The molecule has 9 nitrogen and oxygen atoms in total. The van der Waals surface area contributed by atoms with Crippen molar-refractivity contribution in [3.05, 3.63) is 46.7 Å². The fourth-order valence-electron chi connectivity index (χ4n) is 2.23. The molecule has 1 N–H and O–H groups in total. The van der Waals surface area contributed by atoms with Crippen LogP contribution >= 0.6 is 11.3 Å². The summed E-state index contributed by atoms with van der Waals surface area (Å²) in [7, 11) is 0. The number of aromatic nitrogens is 5. The maximum atomic E-state index is 12.2. The molecule has 2 heterocycles. The van der Waals surface area contributed by atoms with Gasteiger partial charge in [-0.1, -0.05) is 23.5 Å². The third-order valence-corrected chi connectivity index (χ3v) is 4.47. The molecule has 3 aromatic rings. The fourth-order valence-corrected chi connectivity index (χ4v) is 3.11. The van der Waals surface area contributed by atoms with E-state index < -0.39 is 5.97 Å². The minimum atomic E-state index is -0.429. The number of anilines is 1. The highest BCUT2D eigenvalue weighted by Gasteiger charge is 2.17. The van der Waals surface area contributed by atoms with Gasteiger partial charge in [0.2, 0.25) is 5.91 Å². The quantitative estimate of drug-likeness (QED) is 0.656. The van der Waals surface area contributed by atoms with Crippen LogP contribution in [0.5, 0.6) is 0 Å². The van der Waals surface area contributed by atoms with E-state index in [4.69, 9.17) is 4.74 Å². The number of carbonyl (C=O) groups excluding carboxylic acids is 2. The Morgan fingerprint density at radius 1 is 1.27 bits per heavy atom. The number of hydrogen-bond donors (Lipinski definition) is 1. The van der Waals surface area contributed by atoms with Crippen LogP contribution in [0.1, 0.15) is 27.9 Å². The van der Waals surface area contributed by atoms with Gasteiger partial charge < -0.3 is 10.1 Å². The number of hydrogen-bond acceptors (Lipinski definition) is 8. The summed E-state index contributed by atoms with van der Waals surface area (Å²) >= 11 is 1.10. The molecule has 3 rings (SSSR count). The fraction of sp³-hybridized carbons (Fsp3) is 0.250. The molecule has 0 atom stereocenters. The van der Waals surface area contributed by atoms with E-state index >= 15 is 0 Å². The normalized spacial score (nSPS) is 10.5. The lowest BCUT2D eigenvalue weighted by Crippen LogP contribution is -2.14. The van der Waals surface area contributed by atoms with Crippen molar-refractivity contribution in [2.24, 2.45) is 0 Å². The van der Waals surface area contributed by atoms with E-state index in [1.807, 2.05) is 24.3 Å². The number of benzene rings is 1. The number of nitrogens with one attached hydrogen (secondary N) is 1. The van der Waals surface area contributed by atoms with E-state index in [9.17, 15) is 9.59 Å². The number of aryl methyl sites for hydroxylation is 1. The number of nitrogens with zero attached hydrogens (tertiary/aromatic N) is 5. The Morgan fingerprint density at radius 3 is 2.69 bits per heavy atom. The van der Waals surface area contributed by atoms with Crippen molar-refractivity contribution >= 4 is 28.3 Å². The first-order valence-electron chi connectivity index (χ1n) is 7.83. The molecular weight excluding hydrogens is 356 g/mol. The van der Waals surface area contributed by atoms with Gasteiger partial charge in [0.15, 0.2) is 5.13 Å². The van der Waals surface area contributed by atoms with Gasteiger partial charge in [-0.15, -0.1) is 5.10 Å². The highest BCUT2D eigenvalue weighted by molar-refractivity contribution is 7.17. The lowest BCUT2D eigenvalue weighted by molar-refractivity contribution is -0.115. The van der Waals surface area contributed by atoms with Gasteiger partial charge in [0, 0.05) is 0 Å². The minimum absolute atomic E-state index is 0.184. The van der Waals surface area contributed by atoms with Crippen molar-refractivity contribution in [2.45, 2.75) is 20.3 Å². The van der Waals surface area contributed by atoms with Gasteiger partial charge in [0.05, 0.1) is 24.4 Å². The first-order chi connectivity index (χ1) is 12.6. The highest BCUT2D eigenvalue weighted by atomic mass is 32.1. The van der Waals surface area contributed by atoms with Crippen LogP contribution in [0.3, 0.4) is 0 Å². The molecule has 26 heavy (non-hydrogen) atoms. The molecule has 1 aromatic carbocycles. The summed E-state index contributed by atoms with van der Waals surface area (Å²) in [6.45, 7) is 3.73. The van der Waals surface area contributed by atoms with Crippen LogP contribution in [0, 0.1) is 6.92 Å². The highest BCUT2D eigenvalue weighted by Crippen LogP contribution is 2.23. The molecule has 0 aliphatic rings. The van der Waals surface area contributed by atoms with Crippen molar-refractivity contribution in [1.29, 1.82) is 0 Å². The molecule has 0 saturated carbocycles. The van der Waals surface area contributed by atoms with E-state index in [0.717, 1.165) is 22.6 Å². The molecule has 0 unspecified atom stereocenters. The minimum Gasteiger partial charge on any atom is -0.462 e. The smallest absolute Gasteiger partial charge is 0.350 e. The molecule has 2 aromatic heterocycles. The summed E-state index contributed by atoms with van der Waals surface area (Å²) in [6, 6.07) is 7.30. The summed E-state index contributed by atoms with van der Waals surface area (Å²) in [5.41, 5.74) is 2.17. The molecule has 0 bridgehead atoms. The van der Waals surface area contributed by atoms with Crippen molar-refractivity contribution in [3.63, 3.8) is 0 Å². The Bertz CT molecular complexity index is 905. The van der Waals surface area contributed by atoms with Crippen LogP contribution in [-0.2, 0) is 16.0 Å². The summed E-state index contributed by atoms with van der Waals surface area (Å²) < 4.78 is 6.49. The van der Waals surface area contributed by atoms with Crippen molar-refractivity contribution in [1.82, 2.24) is 25.2 Å². The molecule has 0 radical (unpaired) electrons. The molecule has 0 fully saturated rings.